The van der Waals surface area contributed by atoms with Gasteiger partial charge in [-0.3, -0.25) is 0 Å². The van der Waals surface area contributed by atoms with Crippen molar-refractivity contribution >= 4 is 34.9 Å². The van der Waals surface area contributed by atoms with Crippen LogP contribution >= 0.6 is 23.2 Å². The Balaban J connectivity index is 2.56. The molecule has 3 nitrogen and oxygen atoms in total. The lowest BCUT2D eigenvalue weighted by atomic mass is 10.2. The number of benzene rings is 1. The number of rotatable bonds is 4. The second-order valence-electron chi connectivity index (χ2n) is 3.39. The number of esters is 1. The van der Waals surface area contributed by atoms with Gasteiger partial charge in [0.1, 0.15) is 0 Å². The highest BCUT2D eigenvalue weighted by Gasteiger charge is 2.02. The summed E-state index contributed by atoms with van der Waals surface area (Å²) in [7, 11) is 1.35. The summed E-state index contributed by atoms with van der Waals surface area (Å²) in [6.07, 6.45) is 1.74. The van der Waals surface area contributed by atoms with Crippen LogP contribution in [0.4, 0.5) is 5.69 Å². The minimum Gasteiger partial charge on any atom is -0.466 e. The Bertz CT molecular complexity index is 444. The highest BCUT2D eigenvalue weighted by Crippen LogP contribution is 2.24. The lowest BCUT2D eigenvalue weighted by Gasteiger charge is -2.05. The second-order valence-corrected chi connectivity index (χ2v) is 4.20. The lowest BCUT2D eigenvalue weighted by molar-refractivity contribution is -0.136. The normalized spacial score (nSPS) is 11.2. The number of ether oxygens (including phenoxy) is 1. The average Bonchev–Trinajstić information content (AvgIpc) is 2.32. The maximum atomic E-state index is 11.1. The molecule has 0 saturated carbocycles. The van der Waals surface area contributed by atoms with Crippen LogP contribution in [0.2, 0.25) is 10.0 Å². The first-order chi connectivity index (χ1) is 8.04. The number of anilines is 1. The number of hydrogen-bond donors (Lipinski definition) is 1. The molecule has 92 valence electrons. The van der Waals surface area contributed by atoms with E-state index in [1.54, 1.807) is 25.1 Å². The van der Waals surface area contributed by atoms with Gasteiger partial charge in [0.05, 0.1) is 17.2 Å². The van der Waals surface area contributed by atoms with E-state index >= 15 is 0 Å². The van der Waals surface area contributed by atoms with Gasteiger partial charge in [-0.05, 0) is 25.1 Å². The second kappa shape index (κ2) is 6.52. The van der Waals surface area contributed by atoms with Crippen molar-refractivity contribution < 1.29 is 9.53 Å². The van der Waals surface area contributed by atoms with E-state index in [1.807, 2.05) is 6.07 Å². The van der Waals surface area contributed by atoms with E-state index in [-0.39, 0.29) is 5.97 Å². The monoisotopic (exact) mass is 273 g/mol. The molecule has 0 radical (unpaired) electrons. The van der Waals surface area contributed by atoms with Crippen LogP contribution in [0, 0.1) is 0 Å². The summed E-state index contributed by atoms with van der Waals surface area (Å²) in [6.45, 7) is 2.21. The number of carbonyl (C=O) groups excluding carboxylic acids is 1. The minimum absolute atomic E-state index is 0.332. The standard InChI is InChI=1S/C12H13Cl2NO2/c1-8(12(16)17-2)5-6-15-9-3-4-10(13)11(14)7-9/h3-5,7,15H,6H2,1-2H3/b8-5+. The van der Waals surface area contributed by atoms with Crippen molar-refractivity contribution in [3.63, 3.8) is 0 Å². The van der Waals surface area contributed by atoms with Gasteiger partial charge in [0, 0.05) is 17.8 Å². The van der Waals surface area contributed by atoms with E-state index in [0.29, 0.717) is 22.2 Å². The molecule has 17 heavy (non-hydrogen) atoms. The topological polar surface area (TPSA) is 38.3 Å². The van der Waals surface area contributed by atoms with Crippen molar-refractivity contribution in [2.75, 3.05) is 19.0 Å². The third-order valence-corrected chi connectivity index (χ3v) is 2.88. The third-order valence-electron chi connectivity index (χ3n) is 2.14. The average molecular weight is 274 g/mol. The van der Waals surface area contributed by atoms with Gasteiger partial charge in [-0.1, -0.05) is 29.3 Å². The fourth-order valence-electron chi connectivity index (χ4n) is 1.17. The van der Waals surface area contributed by atoms with E-state index in [0.717, 1.165) is 5.69 Å². The highest BCUT2D eigenvalue weighted by atomic mass is 35.5. The van der Waals surface area contributed by atoms with E-state index < -0.39 is 0 Å². The van der Waals surface area contributed by atoms with Crippen molar-refractivity contribution in [3.05, 3.63) is 39.9 Å². The molecular weight excluding hydrogens is 261 g/mol. The molecule has 0 amide bonds. The summed E-state index contributed by atoms with van der Waals surface area (Å²) in [6, 6.07) is 5.25. The molecule has 1 N–H and O–H groups in total. The van der Waals surface area contributed by atoms with Crippen LogP contribution in [-0.2, 0) is 9.53 Å². The van der Waals surface area contributed by atoms with E-state index in [4.69, 9.17) is 23.2 Å². The molecule has 1 aromatic rings. The van der Waals surface area contributed by atoms with E-state index in [9.17, 15) is 4.79 Å². The van der Waals surface area contributed by atoms with Crippen molar-refractivity contribution in [2.24, 2.45) is 0 Å². The maximum Gasteiger partial charge on any atom is 0.333 e. The zero-order valence-electron chi connectivity index (χ0n) is 9.59. The number of carbonyl (C=O) groups is 1. The zero-order valence-corrected chi connectivity index (χ0v) is 11.1. The van der Waals surface area contributed by atoms with Gasteiger partial charge in [0.2, 0.25) is 0 Å². The van der Waals surface area contributed by atoms with Gasteiger partial charge >= 0.3 is 5.97 Å². The van der Waals surface area contributed by atoms with Crippen molar-refractivity contribution in [1.82, 2.24) is 0 Å². The molecule has 5 heteroatoms. The van der Waals surface area contributed by atoms with Crippen molar-refractivity contribution in [2.45, 2.75) is 6.92 Å². The fourth-order valence-corrected chi connectivity index (χ4v) is 1.47. The molecule has 1 rings (SSSR count). The molecule has 0 unspecified atom stereocenters. The quantitative estimate of drug-likeness (QED) is 0.674. The first-order valence-electron chi connectivity index (χ1n) is 4.98. The van der Waals surface area contributed by atoms with Crippen LogP contribution in [0.3, 0.4) is 0 Å². The largest absolute Gasteiger partial charge is 0.466 e. The van der Waals surface area contributed by atoms with Crippen LogP contribution < -0.4 is 5.32 Å². The number of halogens is 2. The molecule has 0 aliphatic heterocycles. The molecule has 0 bridgehead atoms. The molecule has 0 aromatic heterocycles. The third kappa shape index (κ3) is 4.29. The molecule has 0 fully saturated rings. The Morgan fingerprint density at radius 1 is 1.41 bits per heavy atom. The number of methoxy groups -OCH3 is 1. The molecular formula is C12H13Cl2NO2. The lowest BCUT2D eigenvalue weighted by Crippen LogP contribution is -2.05. The fraction of sp³-hybridized carbons (Fsp3) is 0.250. The van der Waals surface area contributed by atoms with E-state index in [2.05, 4.69) is 10.1 Å². The molecule has 0 spiro atoms. The van der Waals surface area contributed by atoms with Crippen LogP contribution in [-0.4, -0.2) is 19.6 Å². The Kier molecular flexibility index (Phi) is 5.32. The van der Waals surface area contributed by atoms with E-state index in [1.165, 1.54) is 7.11 Å². The molecule has 0 aliphatic rings. The summed E-state index contributed by atoms with van der Waals surface area (Å²) in [5.74, 6) is -0.332. The summed E-state index contributed by atoms with van der Waals surface area (Å²) < 4.78 is 4.58. The van der Waals surface area contributed by atoms with Crippen molar-refractivity contribution in [1.29, 1.82) is 0 Å². The van der Waals surface area contributed by atoms with Crippen LogP contribution in [0.1, 0.15) is 6.92 Å². The van der Waals surface area contributed by atoms with Gasteiger partial charge < -0.3 is 10.1 Å². The van der Waals surface area contributed by atoms with Gasteiger partial charge in [0.15, 0.2) is 0 Å². The zero-order chi connectivity index (χ0) is 12.8. The summed E-state index contributed by atoms with van der Waals surface area (Å²) in [4.78, 5) is 11.1. The summed E-state index contributed by atoms with van der Waals surface area (Å²) in [5.41, 5.74) is 1.40. The minimum atomic E-state index is -0.332. The van der Waals surface area contributed by atoms with Gasteiger partial charge in [-0.15, -0.1) is 0 Å². The first-order valence-corrected chi connectivity index (χ1v) is 5.74. The molecule has 0 heterocycles. The Morgan fingerprint density at radius 2 is 2.12 bits per heavy atom. The maximum absolute atomic E-state index is 11.1. The predicted molar refractivity (Wildman–Crippen MR) is 70.7 cm³/mol. The van der Waals surface area contributed by atoms with Gasteiger partial charge in [-0.25, -0.2) is 4.79 Å². The Morgan fingerprint density at radius 3 is 2.71 bits per heavy atom. The smallest absolute Gasteiger partial charge is 0.333 e. The Labute approximate surface area is 110 Å². The Hall–Kier alpha value is -1.19. The summed E-state index contributed by atoms with van der Waals surface area (Å²) >= 11 is 11.7. The number of nitrogens with one attached hydrogen (secondary N) is 1. The summed E-state index contributed by atoms with van der Waals surface area (Å²) in [5, 5.41) is 4.10. The molecule has 0 saturated heterocycles. The first kappa shape index (κ1) is 13.9. The van der Waals surface area contributed by atoms with Gasteiger partial charge in [-0.2, -0.15) is 0 Å². The van der Waals surface area contributed by atoms with Crippen LogP contribution in [0.25, 0.3) is 0 Å². The van der Waals surface area contributed by atoms with Crippen LogP contribution in [0.5, 0.6) is 0 Å². The van der Waals surface area contributed by atoms with Gasteiger partial charge in [0.25, 0.3) is 0 Å². The number of hydrogen-bond acceptors (Lipinski definition) is 3. The SMILES string of the molecule is COC(=O)/C(C)=C/CNc1ccc(Cl)c(Cl)c1. The van der Waals surface area contributed by atoms with Crippen LogP contribution in [0.15, 0.2) is 29.8 Å². The van der Waals surface area contributed by atoms with Crippen molar-refractivity contribution in [3.8, 4) is 0 Å². The molecule has 0 aliphatic carbocycles. The predicted octanol–water partition coefficient (Wildman–Crippen LogP) is 3.52. The molecule has 1 aromatic carbocycles. The molecule has 0 atom stereocenters. The highest BCUT2D eigenvalue weighted by molar-refractivity contribution is 6.42.